The highest BCUT2D eigenvalue weighted by Crippen LogP contribution is 2.30. The molecule has 0 aliphatic rings. The lowest BCUT2D eigenvalue weighted by atomic mass is 10.1. The van der Waals surface area contributed by atoms with Crippen molar-refractivity contribution in [2.75, 3.05) is 37.5 Å². The van der Waals surface area contributed by atoms with E-state index < -0.39 is 5.97 Å². The normalized spacial score (nSPS) is 10.5. The Balaban J connectivity index is 2.58. The van der Waals surface area contributed by atoms with Gasteiger partial charge in [0, 0.05) is 31.9 Å². The number of benzene rings is 1. The third-order valence-electron chi connectivity index (χ3n) is 2.97. The number of aliphatic carboxylic acids is 1. The Bertz CT molecular complexity index is 611. The van der Waals surface area contributed by atoms with E-state index in [9.17, 15) is 4.79 Å². The molecule has 100 valence electrons. The monoisotopic (exact) mass is 259 g/mol. The second-order valence-corrected chi connectivity index (χ2v) is 4.66. The van der Waals surface area contributed by atoms with Gasteiger partial charge in [0.15, 0.2) is 0 Å². The van der Waals surface area contributed by atoms with Gasteiger partial charge in [-0.25, -0.2) is 4.98 Å². The average Bonchev–Trinajstić information content (AvgIpc) is 2.36. The summed E-state index contributed by atoms with van der Waals surface area (Å²) in [7, 11) is 5.66. The molecule has 1 aromatic carbocycles. The van der Waals surface area contributed by atoms with Crippen LogP contribution in [0.1, 0.15) is 0 Å². The number of hydrogen-bond donors (Lipinski definition) is 1. The SMILES string of the molecule is CN(C)c1cnc(N(C)CC(=O)O)c2ccccc12. The zero-order valence-electron chi connectivity index (χ0n) is 11.3. The summed E-state index contributed by atoms with van der Waals surface area (Å²) in [6.45, 7) is -0.0711. The van der Waals surface area contributed by atoms with Crippen molar-refractivity contribution in [3.63, 3.8) is 0 Å². The van der Waals surface area contributed by atoms with Gasteiger partial charge in [-0.2, -0.15) is 0 Å². The smallest absolute Gasteiger partial charge is 0.323 e. The van der Waals surface area contributed by atoms with Crippen molar-refractivity contribution in [3.05, 3.63) is 30.5 Å². The summed E-state index contributed by atoms with van der Waals surface area (Å²) in [6, 6.07) is 7.88. The van der Waals surface area contributed by atoms with Crippen LogP contribution in [0.5, 0.6) is 0 Å². The van der Waals surface area contributed by atoms with Gasteiger partial charge >= 0.3 is 5.97 Å². The lowest BCUT2D eigenvalue weighted by Gasteiger charge is -2.21. The van der Waals surface area contributed by atoms with Crippen molar-refractivity contribution in [2.24, 2.45) is 0 Å². The Morgan fingerprint density at radius 2 is 1.84 bits per heavy atom. The molecule has 1 aromatic heterocycles. The fourth-order valence-corrected chi connectivity index (χ4v) is 2.10. The van der Waals surface area contributed by atoms with E-state index in [1.165, 1.54) is 0 Å². The number of nitrogens with zero attached hydrogens (tertiary/aromatic N) is 3. The first kappa shape index (κ1) is 13.1. The molecule has 0 spiro atoms. The predicted octanol–water partition coefficient (Wildman–Crippen LogP) is 1.82. The van der Waals surface area contributed by atoms with E-state index in [-0.39, 0.29) is 6.54 Å². The van der Waals surface area contributed by atoms with Crippen molar-refractivity contribution in [1.29, 1.82) is 0 Å². The van der Waals surface area contributed by atoms with Gasteiger partial charge in [0.05, 0.1) is 11.9 Å². The van der Waals surface area contributed by atoms with Crippen LogP contribution in [0.15, 0.2) is 30.5 Å². The highest BCUT2D eigenvalue weighted by Gasteiger charge is 2.13. The third-order valence-corrected chi connectivity index (χ3v) is 2.97. The fraction of sp³-hybridized carbons (Fsp3) is 0.286. The molecule has 0 aliphatic heterocycles. The van der Waals surface area contributed by atoms with E-state index in [1.807, 2.05) is 43.3 Å². The van der Waals surface area contributed by atoms with Crippen LogP contribution in [0.3, 0.4) is 0 Å². The Hall–Kier alpha value is -2.30. The molecule has 0 aliphatic carbocycles. The molecule has 0 amide bonds. The molecular formula is C14H17N3O2. The van der Waals surface area contributed by atoms with Gasteiger partial charge in [-0.3, -0.25) is 4.79 Å². The molecule has 0 unspecified atom stereocenters. The van der Waals surface area contributed by atoms with Gasteiger partial charge in [0.1, 0.15) is 12.4 Å². The quantitative estimate of drug-likeness (QED) is 0.907. The van der Waals surface area contributed by atoms with Crippen LogP contribution >= 0.6 is 0 Å². The van der Waals surface area contributed by atoms with Crippen molar-refractivity contribution < 1.29 is 9.90 Å². The molecule has 0 radical (unpaired) electrons. The molecular weight excluding hydrogens is 242 g/mol. The van der Waals surface area contributed by atoms with Crippen LogP contribution < -0.4 is 9.80 Å². The number of carbonyl (C=O) groups is 1. The molecule has 5 nitrogen and oxygen atoms in total. The maximum atomic E-state index is 10.8. The van der Waals surface area contributed by atoms with Crippen LogP contribution in [-0.2, 0) is 4.79 Å². The number of carboxylic acids is 1. The first-order valence-electron chi connectivity index (χ1n) is 5.98. The maximum absolute atomic E-state index is 10.8. The summed E-state index contributed by atoms with van der Waals surface area (Å²) in [5, 5.41) is 10.9. The lowest BCUT2D eigenvalue weighted by molar-refractivity contribution is -0.135. The minimum Gasteiger partial charge on any atom is -0.480 e. The van der Waals surface area contributed by atoms with E-state index in [4.69, 9.17) is 5.11 Å². The van der Waals surface area contributed by atoms with E-state index in [1.54, 1.807) is 18.1 Å². The molecule has 0 fully saturated rings. The molecule has 2 aromatic rings. The standard InChI is InChI=1S/C14H17N3O2/c1-16(2)12-8-15-14(17(3)9-13(18)19)11-7-5-4-6-10(11)12/h4-8H,9H2,1-3H3,(H,18,19). The second kappa shape index (κ2) is 5.14. The molecule has 19 heavy (non-hydrogen) atoms. The first-order chi connectivity index (χ1) is 9.00. The first-order valence-corrected chi connectivity index (χ1v) is 5.98. The number of anilines is 2. The van der Waals surface area contributed by atoms with E-state index in [2.05, 4.69) is 4.98 Å². The molecule has 0 atom stereocenters. The average molecular weight is 259 g/mol. The second-order valence-electron chi connectivity index (χ2n) is 4.66. The zero-order chi connectivity index (χ0) is 14.0. The van der Waals surface area contributed by atoms with E-state index in [0.29, 0.717) is 5.82 Å². The predicted molar refractivity (Wildman–Crippen MR) is 77.0 cm³/mol. The van der Waals surface area contributed by atoms with Gasteiger partial charge in [-0.1, -0.05) is 24.3 Å². The number of aromatic nitrogens is 1. The molecule has 1 heterocycles. The molecule has 0 bridgehead atoms. The van der Waals surface area contributed by atoms with Gasteiger partial charge in [-0.05, 0) is 0 Å². The van der Waals surface area contributed by atoms with Crippen molar-refractivity contribution >= 4 is 28.2 Å². The molecule has 0 saturated carbocycles. The Morgan fingerprint density at radius 3 is 2.42 bits per heavy atom. The topological polar surface area (TPSA) is 56.7 Å². The fourth-order valence-electron chi connectivity index (χ4n) is 2.10. The molecule has 2 rings (SSSR count). The Labute approximate surface area is 112 Å². The van der Waals surface area contributed by atoms with Gasteiger partial charge in [0.2, 0.25) is 0 Å². The van der Waals surface area contributed by atoms with Gasteiger partial charge < -0.3 is 14.9 Å². The minimum atomic E-state index is -0.870. The van der Waals surface area contributed by atoms with Crippen LogP contribution in [0, 0.1) is 0 Å². The summed E-state index contributed by atoms with van der Waals surface area (Å²) >= 11 is 0. The van der Waals surface area contributed by atoms with Crippen molar-refractivity contribution in [1.82, 2.24) is 4.98 Å². The maximum Gasteiger partial charge on any atom is 0.323 e. The number of likely N-dealkylation sites (N-methyl/N-ethyl adjacent to an activating group) is 1. The summed E-state index contributed by atoms with van der Waals surface area (Å²) in [5.74, 6) is -0.186. The molecule has 1 N–H and O–H groups in total. The highest BCUT2D eigenvalue weighted by atomic mass is 16.4. The summed E-state index contributed by atoms with van der Waals surface area (Å²) in [6.07, 6.45) is 1.77. The number of rotatable bonds is 4. The van der Waals surface area contributed by atoms with Crippen LogP contribution in [0.25, 0.3) is 10.8 Å². The number of fused-ring (bicyclic) bond motifs is 1. The third kappa shape index (κ3) is 2.59. The van der Waals surface area contributed by atoms with Gasteiger partial charge in [0.25, 0.3) is 0 Å². The van der Waals surface area contributed by atoms with Crippen LogP contribution in [-0.4, -0.2) is 43.7 Å². The van der Waals surface area contributed by atoms with Crippen LogP contribution in [0.4, 0.5) is 11.5 Å². The Kier molecular flexibility index (Phi) is 3.55. The van der Waals surface area contributed by atoms with Crippen molar-refractivity contribution in [3.8, 4) is 0 Å². The van der Waals surface area contributed by atoms with Crippen LogP contribution in [0.2, 0.25) is 0 Å². The van der Waals surface area contributed by atoms with Crippen molar-refractivity contribution in [2.45, 2.75) is 0 Å². The number of carboxylic acid groups (broad SMARTS) is 1. The minimum absolute atomic E-state index is 0.0711. The lowest BCUT2D eigenvalue weighted by Crippen LogP contribution is -2.26. The molecule has 5 heteroatoms. The summed E-state index contributed by atoms with van der Waals surface area (Å²) in [5.41, 5.74) is 1.02. The number of pyridine rings is 1. The molecule has 0 saturated heterocycles. The number of hydrogen-bond acceptors (Lipinski definition) is 4. The largest absolute Gasteiger partial charge is 0.480 e. The summed E-state index contributed by atoms with van der Waals surface area (Å²) in [4.78, 5) is 18.9. The summed E-state index contributed by atoms with van der Waals surface area (Å²) < 4.78 is 0. The zero-order valence-corrected chi connectivity index (χ0v) is 11.3. The van der Waals surface area contributed by atoms with E-state index >= 15 is 0 Å². The van der Waals surface area contributed by atoms with Gasteiger partial charge in [-0.15, -0.1) is 0 Å². The van der Waals surface area contributed by atoms with E-state index in [0.717, 1.165) is 16.5 Å². The highest BCUT2D eigenvalue weighted by molar-refractivity contribution is 6.00. The Morgan fingerprint density at radius 1 is 1.21 bits per heavy atom.